The summed E-state index contributed by atoms with van der Waals surface area (Å²) < 4.78 is 41.7. The Hall–Kier alpha value is -2.89. The maximum atomic E-state index is 12.5. The zero-order valence-electron chi connectivity index (χ0n) is 13.0. The summed E-state index contributed by atoms with van der Waals surface area (Å²) in [5.74, 6) is -1.77. The van der Waals surface area contributed by atoms with Gasteiger partial charge >= 0.3 is 12.1 Å². The summed E-state index contributed by atoms with van der Waals surface area (Å²) in [7, 11) is 0. The fourth-order valence-electron chi connectivity index (χ4n) is 2.39. The Labute approximate surface area is 140 Å². The molecular formula is C16H13F3N4O2. The summed E-state index contributed by atoms with van der Waals surface area (Å²) in [5, 5.41) is 12.0. The van der Waals surface area contributed by atoms with Gasteiger partial charge in [0.1, 0.15) is 6.42 Å². The second kappa shape index (κ2) is 6.55. The molecule has 0 unspecified atom stereocenters. The van der Waals surface area contributed by atoms with Gasteiger partial charge in [0.15, 0.2) is 0 Å². The molecule has 1 aliphatic carbocycles. The molecule has 1 aliphatic rings. The fourth-order valence-corrected chi connectivity index (χ4v) is 2.39. The molecule has 0 spiro atoms. The first kappa shape index (κ1) is 17.0. The fraction of sp³-hybridized carbons (Fsp3) is 0.375. The van der Waals surface area contributed by atoms with Crippen molar-refractivity contribution in [1.82, 2.24) is 15.0 Å². The Balaban J connectivity index is 1.72. The highest BCUT2D eigenvalue weighted by Crippen LogP contribution is 2.31. The number of amides is 1. The molecule has 9 heteroatoms. The minimum Gasteiger partial charge on any atom is -0.334 e. The van der Waals surface area contributed by atoms with E-state index in [1.54, 1.807) is 29.2 Å². The molecule has 0 saturated heterocycles. The van der Waals surface area contributed by atoms with E-state index in [-0.39, 0.29) is 24.2 Å². The van der Waals surface area contributed by atoms with Crippen molar-refractivity contribution >= 4 is 5.91 Å². The van der Waals surface area contributed by atoms with E-state index in [4.69, 9.17) is 5.26 Å². The highest BCUT2D eigenvalue weighted by atomic mass is 19.4. The molecule has 0 radical (unpaired) electrons. The lowest BCUT2D eigenvalue weighted by Gasteiger charge is -2.21. The van der Waals surface area contributed by atoms with Gasteiger partial charge in [0.05, 0.1) is 6.07 Å². The standard InChI is InChI=1S/C16H13F3N4O2/c17-16(18,19)15-21-14(22-25-15)11-3-1-10(2-4-11)9-23(12-5-6-12)13(24)7-8-20/h1-4,12H,5-7,9H2. The van der Waals surface area contributed by atoms with Gasteiger partial charge in [-0.3, -0.25) is 4.79 Å². The minimum atomic E-state index is -4.68. The lowest BCUT2D eigenvalue weighted by Crippen LogP contribution is -2.32. The van der Waals surface area contributed by atoms with E-state index in [9.17, 15) is 18.0 Å². The van der Waals surface area contributed by atoms with Crippen LogP contribution in [0.25, 0.3) is 11.4 Å². The molecule has 0 N–H and O–H groups in total. The van der Waals surface area contributed by atoms with Crippen LogP contribution in [0.15, 0.2) is 28.8 Å². The molecule has 0 aliphatic heterocycles. The average molecular weight is 350 g/mol. The second-order valence-corrected chi connectivity index (χ2v) is 5.71. The van der Waals surface area contributed by atoms with Crippen LogP contribution in [0.4, 0.5) is 13.2 Å². The summed E-state index contributed by atoms with van der Waals surface area (Å²) in [4.78, 5) is 17.0. The van der Waals surface area contributed by atoms with E-state index in [0.29, 0.717) is 12.1 Å². The molecule has 1 saturated carbocycles. The average Bonchev–Trinajstić information content (AvgIpc) is 3.27. The van der Waals surface area contributed by atoms with E-state index < -0.39 is 12.1 Å². The van der Waals surface area contributed by atoms with Crippen LogP contribution in [-0.2, 0) is 17.5 Å². The number of rotatable bonds is 5. The molecule has 0 atom stereocenters. The van der Waals surface area contributed by atoms with Crippen LogP contribution in [0.2, 0.25) is 0 Å². The number of aromatic nitrogens is 2. The Bertz CT molecular complexity index is 804. The number of carbonyl (C=O) groups excluding carboxylic acids is 1. The van der Waals surface area contributed by atoms with Crippen LogP contribution >= 0.6 is 0 Å². The number of hydrogen-bond donors (Lipinski definition) is 0. The highest BCUT2D eigenvalue weighted by Gasteiger charge is 2.38. The molecule has 2 aromatic rings. The number of alkyl halides is 3. The van der Waals surface area contributed by atoms with Gasteiger partial charge in [-0.2, -0.15) is 23.4 Å². The summed E-state index contributed by atoms with van der Waals surface area (Å²) in [6.07, 6.45) is -3.02. The van der Waals surface area contributed by atoms with E-state index in [0.717, 1.165) is 18.4 Å². The molecule has 1 heterocycles. The third-order valence-electron chi connectivity index (χ3n) is 3.77. The molecule has 1 fully saturated rings. The Kier molecular flexibility index (Phi) is 4.44. The maximum absolute atomic E-state index is 12.5. The minimum absolute atomic E-state index is 0.154. The summed E-state index contributed by atoms with van der Waals surface area (Å²) in [6.45, 7) is 0.353. The predicted molar refractivity (Wildman–Crippen MR) is 78.5 cm³/mol. The van der Waals surface area contributed by atoms with Gasteiger partial charge in [-0.05, 0) is 18.4 Å². The Morgan fingerprint density at radius 3 is 2.52 bits per heavy atom. The van der Waals surface area contributed by atoms with Gasteiger partial charge in [0, 0.05) is 18.2 Å². The molecular weight excluding hydrogens is 337 g/mol. The topological polar surface area (TPSA) is 83.0 Å². The Morgan fingerprint density at radius 1 is 1.32 bits per heavy atom. The van der Waals surface area contributed by atoms with Crippen molar-refractivity contribution in [3.63, 3.8) is 0 Å². The third-order valence-corrected chi connectivity index (χ3v) is 3.77. The van der Waals surface area contributed by atoms with E-state index >= 15 is 0 Å². The van der Waals surface area contributed by atoms with Gasteiger partial charge in [-0.1, -0.05) is 29.4 Å². The van der Waals surface area contributed by atoms with Gasteiger partial charge in [0.2, 0.25) is 11.7 Å². The lowest BCUT2D eigenvalue weighted by molar-refractivity contribution is -0.159. The second-order valence-electron chi connectivity index (χ2n) is 5.71. The summed E-state index contributed by atoms with van der Waals surface area (Å²) >= 11 is 0. The number of halogens is 3. The normalized spacial score (nSPS) is 14.2. The number of hydrogen-bond acceptors (Lipinski definition) is 5. The zero-order chi connectivity index (χ0) is 18.0. The molecule has 25 heavy (non-hydrogen) atoms. The molecule has 1 aromatic carbocycles. The monoisotopic (exact) mass is 350 g/mol. The summed E-state index contributed by atoms with van der Waals surface area (Å²) in [6, 6.07) is 8.53. The van der Waals surface area contributed by atoms with Crippen molar-refractivity contribution in [3.8, 4) is 17.5 Å². The molecule has 0 bridgehead atoms. The van der Waals surface area contributed by atoms with Crippen molar-refractivity contribution < 1.29 is 22.5 Å². The van der Waals surface area contributed by atoms with Gasteiger partial charge in [-0.15, -0.1) is 0 Å². The zero-order valence-corrected chi connectivity index (χ0v) is 13.0. The van der Waals surface area contributed by atoms with Gasteiger partial charge in [-0.25, -0.2) is 0 Å². The Morgan fingerprint density at radius 2 is 2.00 bits per heavy atom. The van der Waals surface area contributed by atoms with Crippen LogP contribution in [0.3, 0.4) is 0 Å². The number of nitriles is 1. The van der Waals surface area contributed by atoms with Gasteiger partial charge < -0.3 is 9.42 Å². The van der Waals surface area contributed by atoms with E-state index in [1.165, 1.54) is 0 Å². The molecule has 1 amide bonds. The molecule has 1 aromatic heterocycles. The number of benzene rings is 1. The van der Waals surface area contributed by atoms with Crippen molar-refractivity contribution in [2.75, 3.05) is 0 Å². The van der Waals surface area contributed by atoms with Crippen molar-refractivity contribution in [3.05, 3.63) is 35.7 Å². The predicted octanol–water partition coefficient (Wildman–Crippen LogP) is 3.16. The molecule has 130 valence electrons. The van der Waals surface area contributed by atoms with E-state index in [2.05, 4.69) is 14.7 Å². The van der Waals surface area contributed by atoms with Crippen molar-refractivity contribution in [1.29, 1.82) is 5.26 Å². The maximum Gasteiger partial charge on any atom is 0.471 e. The van der Waals surface area contributed by atoms with Crippen LogP contribution in [-0.4, -0.2) is 27.0 Å². The molecule has 6 nitrogen and oxygen atoms in total. The summed E-state index contributed by atoms with van der Waals surface area (Å²) in [5.41, 5.74) is 1.19. The third kappa shape index (κ3) is 3.96. The highest BCUT2D eigenvalue weighted by molar-refractivity contribution is 5.79. The van der Waals surface area contributed by atoms with Crippen molar-refractivity contribution in [2.45, 2.75) is 38.0 Å². The number of carbonyl (C=O) groups is 1. The number of nitrogens with zero attached hydrogens (tertiary/aromatic N) is 4. The smallest absolute Gasteiger partial charge is 0.334 e. The van der Waals surface area contributed by atoms with Crippen LogP contribution in [0, 0.1) is 11.3 Å². The SMILES string of the molecule is N#CCC(=O)N(Cc1ccc(-c2noc(C(F)(F)F)n2)cc1)C1CC1. The van der Waals surface area contributed by atoms with E-state index in [1.807, 2.05) is 6.07 Å². The lowest BCUT2D eigenvalue weighted by atomic mass is 10.1. The first-order chi connectivity index (χ1) is 11.9. The first-order valence-electron chi connectivity index (χ1n) is 7.55. The van der Waals surface area contributed by atoms with Crippen LogP contribution in [0.5, 0.6) is 0 Å². The first-order valence-corrected chi connectivity index (χ1v) is 7.55. The van der Waals surface area contributed by atoms with Gasteiger partial charge in [0.25, 0.3) is 0 Å². The van der Waals surface area contributed by atoms with Crippen molar-refractivity contribution in [2.24, 2.45) is 0 Å². The largest absolute Gasteiger partial charge is 0.471 e. The quantitative estimate of drug-likeness (QED) is 0.827. The van der Waals surface area contributed by atoms with Crippen LogP contribution in [0.1, 0.15) is 30.7 Å². The van der Waals surface area contributed by atoms with Crippen LogP contribution < -0.4 is 0 Å². The molecule has 3 rings (SSSR count).